The van der Waals surface area contributed by atoms with E-state index in [4.69, 9.17) is 9.31 Å². The molecule has 0 aliphatic carbocycles. The molecule has 0 aromatic heterocycles. The van der Waals surface area contributed by atoms with E-state index >= 15 is 0 Å². The molecule has 1 saturated heterocycles. The van der Waals surface area contributed by atoms with Crippen LogP contribution in [0.4, 0.5) is 0 Å². The molecule has 1 amide bonds. The average Bonchev–Trinajstić information content (AvgIpc) is 2.82. The van der Waals surface area contributed by atoms with Gasteiger partial charge in [0.05, 0.1) is 11.2 Å². The topological polar surface area (TPSA) is 38.8 Å². The summed E-state index contributed by atoms with van der Waals surface area (Å²) in [4.78, 5) is 14.2. The largest absolute Gasteiger partial charge is 0.495 e. The highest BCUT2D eigenvalue weighted by molar-refractivity contribution is 6.62. The highest BCUT2D eigenvalue weighted by Crippen LogP contribution is 2.36. The van der Waals surface area contributed by atoms with Crippen LogP contribution in [0.15, 0.2) is 48.5 Å². The van der Waals surface area contributed by atoms with Gasteiger partial charge in [-0.2, -0.15) is 0 Å². The van der Waals surface area contributed by atoms with Crippen molar-refractivity contribution in [3.05, 3.63) is 65.2 Å². The molecule has 2 aromatic rings. The summed E-state index contributed by atoms with van der Waals surface area (Å²) in [5.41, 5.74) is 3.52. The van der Waals surface area contributed by atoms with Gasteiger partial charge in [0.2, 0.25) is 5.91 Å². The maximum absolute atomic E-state index is 12.3. The predicted octanol–water partition coefficient (Wildman–Crippen LogP) is 3.84. The van der Waals surface area contributed by atoms with Crippen molar-refractivity contribution in [1.82, 2.24) is 4.90 Å². The molecule has 28 heavy (non-hydrogen) atoms. The second-order valence-electron chi connectivity index (χ2n) is 8.65. The van der Waals surface area contributed by atoms with Crippen LogP contribution in [-0.2, 0) is 27.2 Å². The fourth-order valence-corrected chi connectivity index (χ4v) is 3.36. The number of benzene rings is 2. The minimum Gasteiger partial charge on any atom is -0.399 e. The first kappa shape index (κ1) is 20.6. The maximum atomic E-state index is 12.3. The summed E-state index contributed by atoms with van der Waals surface area (Å²) in [6.45, 7) is 13.0. The van der Waals surface area contributed by atoms with Crippen LogP contribution >= 0.6 is 0 Å². The Balaban J connectivity index is 1.89. The number of hydrogen-bond donors (Lipinski definition) is 0. The zero-order valence-corrected chi connectivity index (χ0v) is 17.8. The van der Waals surface area contributed by atoms with E-state index in [-0.39, 0.29) is 5.91 Å². The molecule has 148 valence electrons. The Hall–Kier alpha value is -2.11. The lowest BCUT2D eigenvalue weighted by molar-refractivity contribution is -0.130. The van der Waals surface area contributed by atoms with Crippen LogP contribution in [0.3, 0.4) is 0 Å². The van der Waals surface area contributed by atoms with Crippen LogP contribution in [0, 0.1) is 6.92 Å². The Kier molecular flexibility index (Phi) is 5.69. The SMILES string of the molecule is CC(=O)N(Cc1ccccc1)Cc1cc(C)ccc1B1OC(C)(C)C(C)(C)O1. The van der Waals surface area contributed by atoms with E-state index in [0.717, 1.165) is 22.2 Å². The fourth-order valence-electron chi connectivity index (χ4n) is 3.36. The van der Waals surface area contributed by atoms with Crippen LogP contribution in [-0.4, -0.2) is 29.1 Å². The molecule has 1 fully saturated rings. The number of aryl methyl sites for hydroxylation is 1. The van der Waals surface area contributed by atoms with Gasteiger partial charge in [0.1, 0.15) is 0 Å². The second-order valence-corrected chi connectivity index (χ2v) is 8.65. The Morgan fingerprint density at radius 1 is 0.964 bits per heavy atom. The van der Waals surface area contributed by atoms with E-state index in [1.807, 2.05) is 35.2 Å². The number of rotatable bonds is 5. The molecule has 5 heteroatoms. The van der Waals surface area contributed by atoms with Crippen LogP contribution in [0.1, 0.15) is 51.3 Å². The zero-order valence-electron chi connectivity index (χ0n) is 17.8. The summed E-state index contributed by atoms with van der Waals surface area (Å²) in [6, 6.07) is 16.3. The molecule has 0 spiro atoms. The average molecular weight is 379 g/mol. The summed E-state index contributed by atoms with van der Waals surface area (Å²) >= 11 is 0. The standard InChI is InChI=1S/C23H30BNO3/c1-17-12-13-21(24-27-22(3,4)23(5,6)28-24)20(14-17)16-25(18(2)26)15-19-10-8-7-9-11-19/h7-14H,15-16H2,1-6H3. The molecule has 4 nitrogen and oxygen atoms in total. The molecular weight excluding hydrogens is 349 g/mol. The molecule has 1 aliphatic rings. The van der Waals surface area contributed by atoms with E-state index < -0.39 is 18.3 Å². The van der Waals surface area contributed by atoms with Crippen LogP contribution in [0.25, 0.3) is 0 Å². The van der Waals surface area contributed by atoms with Crippen LogP contribution < -0.4 is 5.46 Å². The summed E-state index contributed by atoms with van der Waals surface area (Å²) in [6.07, 6.45) is 0. The van der Waals surface area contributed by atoms with Crippen LogP contribution in [0.5, 0.6) is 0 Å². The predicted molar refractivity (Wildman–Crippen MR) is 113 cm³/mol. The summed E-state index contributed by atoms with van der Waals surface area (Å²) in [5.74, 6) is 0.0465. The van der Waals surface area contributed by atoms with Crippen molar-refractivity contribution in [1.29, 1.82) is 0 Å². The Labute approximate surface area is 169 Å². The molecule has 0 saturated carbocycles. The van der Waals surface area contributed by atoms with Gasteiger partial charge in [-0.15, -0.1) is 0 Å². The van der Waals surface area contributed by atoms with Crippen molar-refractivity contribution < 1.29 is 14.1 Å². The molecule has 0 unspecified atom stereocenters. The number of hydrogen-bond acceptors (Lipinski definition) is 3. The molecule has 0 atom stereocenters. The minimum absolute atomic E-state index is 0.0465. The van der Waals surface area contributed by atoms with Gasteiger partial charge >= 0.3 is 7.12 Å². The van der Waals surface area contributed by atoms with E-state index in [1.54, 1.807) is 6.92 Å². The van der Waals surface area contributed by atoms with E-state index in [1.165, 1.54) is 0 Å². The van der Waals surface area contributed by atoms with Gasteiger partial charge in [-0.25, -0.2) is 0 Å². The molecule has 1 aliphatic heterocycles. The third-order valence-corrected chi connectivity index (χ3v) is 5.83. The fraction of sp³-hybridized carbons (Fsp3) is 0.435. The molecule has 0 bridgehead atoms. The first-order valence-electron chi connectivity index (χ1n) is 9.83. The van der Waals surface area contributed by atoms with Crippen molar-refractivity contribution in [3.8, 4) is 0 Å². The smallest absolute Gasteiger partial charge is 0.399 e. The van der Waals surface area contributed by atoms with Gasteiger partial charge in [-0.1, -0.05) is 54.1 Å². The van der Waals surface area contributed by atoms with Crippen molar-refractivity contribution >= 4 is 18.5 Å². The zero-order chi connectivity index (χ0) is 20.5. The van der Waals surface area contributed by atoms with Gasteiger partial charge in [0, 0.05) is 20.0 Å². The third-order valence-electron chi connectivity index (χ3n) is 5.83. The first-order valence-corrected chi connectivity index (χ1v) is 9.83. The number of amides is 1. The minimum atomic E-state index is -0.439. The normalized spacial score (nSPS) is 17.6. The van der Waals surface area contributed by atoms with Crippen molar-refractivity contribution in [2.45, 2.75) is 65.8 Å². The van der Waals surface area contributed by atoms with E-state index in [0.29, 0.717) is 13.1 Å². The lowest BCUT2D eigenvalue weighted by atomic mass is 9.75. The Bertz CT molecular complexity index is 832. The summed E-state index contributed by atoms with van der Waals surface area (Å²) in [7, 11) is -0.439. The van der Waals surface area contributed by atoms with Gasteiger partial charge in [0.15, 0.2) is 0 Å². The number of carbonyl (C=O) groups is 1. The maximum Gasteiger partial charge on any atom is 0.495 e. The lowest BCUT2D eigenvalue weighted by Crippen LogP contribution is -2.41. The summed E-state index contributed by atoms with van der Waals surface area (Å²) < 4.78 is 12.5. The summed E-state index contributed by atoms with van der Waals surface area (Å²) in [5, 5.41) is 0. The van der Waals surface area contributed by atoms with E-state index in [9.17, 15) is 4.79 Å². The third kappa shape index (κ3) is 4.31. The molecular formula is C23H30BNO3. The highest BCUT2D eigenvalue weighted by Gasteiger charge is 2.52. The van der Waals surface area contributed by atoms with Crippen LogP contribution in [0.2, 0.25) is 0 Å². The lowest BCUT2D eigenvalue weighted by Gasteiger charge is -2.32. The Morgan fingerprint density at radius 2 is 1.57 bits per heavy atom. The van der Waals surface area contributed by atoms with Gasteiger partial charge in [-0.3, -0.25) is 4.79 Å². The second kappa shape index (κ2) is 7.73. The molecule has 0 N–H and O–H groups in total. The van der Waals surface area contributed by atoms with Gasteiger partial charge in [0.25, 0.3) is 0 Å². The van der Waals surface area contributed by atoms with E-state index in [2.05, 4.69) is 52.8 Å². The molecule has 3 rings (SSSR count). The first-order chi connectivity index (χ1) is 13.1. The van der Waals surface area contributed by atoms with Gasteiger partial charge < -0.3 is 14.2 Å². The quantitative estimate of drug-likeness (QED) is 0.741. The Morgan fingerprint density at radius 3 is 2.14 bits per heavy atom. The highest BCUT2D eigenvalue weighted by atomic mass is 16.7. The van der Waals surface area contributed by atoms with Gasteiger partial charge in [-0.05, 0) is 51.2 Å². The molecule has 0 radical (unpaired) electrons. The molecule has 2 aromatic carbocycles. The monoisotopic (exact) mass is 379 g/mol. The van der Waals surface area contributed by atoms with Crippen molar-refractivity contribution in [2.24, 2.45) is 0 Å². The van der Waals surface area contributed by atoms with Crippen molar-refractivity contribution in [3.63, 3.8) is 0 Å². The number of carbonyl (C=O) groups excluding carboxylic acids is 1. The van der Waals surface area contributed by atoms with Crippen molar-refractivity contribution in [2.75, 3.05) is 0 Å². The molecule has 1 heterocycles. The number of nitrogens with zero attached hydrogens (tertiary/aromatic N) is 1.